The van der Waals surface area contributed by atoms with Gasteiger partial charge in [-0.15, -0.1) is 0 Å². The molecule has 0 unspecified atom stereocenters. The van der Waals surface area contributed by atoms with Gasteiger partial charge in [-0.25, -0.2) is 9.59 Å². The number of hydrogen-bond donors (Lipinski definition) is 1. The third-order valence-electron chi connectivity index (χ3n) is 3.69. The van der Waals surface area contributed by atoms with Crippen molar-refractivity contribution in [3.8, 4) is 0 Å². The summed E-state index contributed by atoms with van der Waals surface area (Å²) < 4.78 is 9.64. The molecule has 24 heavy (non-hydrogen) atoms. The molecule has 128 valence electrons. The number of hydrogen-bond acceptors (Lipinski definition) is 8. The summed E-state index contributed by atoms with van der Waals surface area (Å²) in [6.45, 7) is 3.36. The minimum absolute atomic E-state index is 0.0766. The Labute approximate surface area is 141 Å². The van der Waals surface area contributed by atoms with Crippen LogP contribution in [0.4, 0.5) is 5.00 Å². The van der Waals surface area contributed by atoms with Gasteiger partial charge in [0.2, 0.25) is 0 Å². The van der Waals surface area contributed by atoms with E-state index in [2.05, 4.69) is 5.32 Å². The first-order valence-corrected chi connectivity index (χ1v) is 7.77. The predicted octanol–water partition coefficient (Wildman–Crippen LogP) is 2.24. The molecule has 0 spiro atoms. The lowest BCUT2D eigenvalue weighted by atomic mass is 9.81. The van der Waals surface area contributed by atoms with Gasteiger partial charge in [0.1, 0.15) is 0 Å². The number of carbonyl (C=O) groups excluding carboxylic acids is 2. The molecule has 1 aromatic heterocycles. The maximum absolute atomic E-state index is 12.2. The summed E-state index contributed by atoms with van der Waals surface area (Å²) in [7, 11) is 2.47. The van der Waals surface area contributed by atoms with Crippen LogP contribution in [-0.4, -0.2) is 31.1 Å². The van der Waals surface area contributed by atoms with Crippen LogP contribution < -0.4 is 5.32 Å². The summed E-state index contributed by atoms with van der Waals surface area (Å²) in [6, 6.07) is 1.35. The van der Waals surface area contributed by atoms with Crippen molar-refractivity contribution < 1.29 is 24.0 Å². The van der Waals surface area contributed by atoms with E-state index in [0.29, 0.717) is 17.0 Å². The molecule has 2 rings (SSSR count). The summed E-state index contributed by atoms with van der Waals surface area (Å²) in [5, 5.41) is 15.4. The molecular weight excluding hydrogens is 336 g/mol. The van der Waals surface area contributed by atoms with Gasteiger partial charge in [-0.1, -0.05) is 11.3 Å². The molecule has 0 radical (unpaired) electrons. The van der Waals surface area contributed by atoms with Gasteiger partial charge < -0.3 is 14.8 Å². The zero-order valence-electron chi connectivity index (χ0n) is 13.5. The maximum atomic E-state index is 12.2. The van der Waals surface area contributed by atoms with Crippen LogP contribution in [-0.2, 0) is 19.1 Å². The fourth-order valence-electron chi connectivity index (χ4n) is 2.67. The Morgan fingerprint density at radius 1 is 1.17 bits per heavy atom. The SMILES string of the molecule is COC(=O)C1=C(C)NC(C)=C(C(=O)OC)C1c1csc([N+](=O)[O-])c1. The number of thiophene rings is 1. The number of carbonyl (C=O) groups is 2. The number of nitro groups is 1. The second kappa shape index (κ2) is 6.83. The molecule has 0 bridgehead atoms. The Balaban J connectivity index is 2.66. The summed E-state index contributed by atoms with van der Waals surface area (Å²) in [6.07, 6.45) is 0. The highest BCUT2D eigenvalue weighted by Gasteiger charge is 2.38. The quantitative estimate of drug-likeness (QED) is 0.503. The average molecular weight is 352 g/mol. The second-order valence-electron chi connectivity index (χ2n) is 5.09. The summed E-state index contributed by atoms with van der Waals surface area (Å²) in [4.78, 5) is 34.9. The third-order valence-corrected chi connectivity index (χ3v) is 4.59. The van der Waals surface area contributed by atoms with E-state index in [0.717, 1.165) is 11.3 Å². The summed E-state index contributed by atoms with van der Waals surface area (Å²) in [5.41, 5.74) is 1.94. The van der Waals surface area contributed by atoms with Gasteiger partial charge >= 0.3 is 16.9 Å². The fourth-order valence-corrected chi connectivity index (χ4v) is 3.43. The van der Waals surface area contributed by atoms with Gasteiger partial charge in [-0.2, -0.15) is 0 Å². The molecule has 0 fully saturated rings. The minimum atomic E-state index is -0.795. The largest absolute Gasteiger partial charge is 0.466 e. The van der Waals surface area contributed by atoms with Crippen molar-refractivity contribution in [2.45, 2.75) is 19.8 Å². The number of methoxy groups -OCH3 is 2. The zero-order valence-corrected chi connectivity index (χ0v) is 14.4. The van der Waals surface area contributed by atoms with Gasteiger partial charge in [0.15, 0.2) is 0 Å². The highest BCUT2D eigenvalue weighted by atomic mass is 32.1. The minimum Gasteiger partial charge on any atom is -0.466 e. The van der Waals surface area contributed by atoms with E-state index < -0.39 is 22.8 Å². The molecule has 1 aliphatic heterocycles. The van der Waals surface area contributed by atoms with E-state index in [9.17, 15) is 19.7 Å². The number of rotatable bonds is 4. The molecule has 1 N–H and O–H groups in total. The molecular formula is C15H16N2O6S. The normalized spacial score (nSPS) is 15.2. The average Bonchev–Trinajstić information content (AvgIpc) is 3.02. The van der Waals surface area contributed by atoms with E-state index in [-0.39, 0.29) is 16.1 Å². The van der Waals surface area contributed by atoms with Crippen LogP contribution in [0.3, 0.4) is 0 Å². The number of ether oxygens (including phenoxy) is 2. The smallest absolute Gasteiger partial charge is 0.336 e. The number of allylic oxidation sites excluding steroid dienone is 2. The van der Waals surface area contributed by atoms with E-state index in [4.69, 9.17) is 9.47 Å². The Hall–Kier alpha value is -2.68. The van der Waals surface area contributed by atoms with Crippen LogP contribution in [0.1, 0.15) is 25.3 Å². The van der Waals surface area contributed by atoms with Crippen molar-refractivity contribution in [2.75, 3.05) is 14.2 Å². The molecule has 0 aliphatic carbocycles. The molecule has 1 aromatic rings. The van der Waals surface area contributed by atoms with Crippen molar-refractivity contribution >= 4 is 28.3 Å². The number of nitrogens with one attached hydrogen (secondary N) is 1. The van der Waals surface area contributed by atoms with E-state index >= 15 is 0 Å². The first-order chi connectivity index (χ1) is 11.3. The molecule has 0 amide bonds. The lowest BCUT2D eigenvalue weighted by Crippen LogP contribution is -2.31. The third kappa shape index (κ3) is 3.02. The standard InChI is InChI=1S/C15H16N2O6S/c1-7-11(14(18)22-3)13(9-5-10(17(20)21)24-6-9)12(8(2)16-7)15(19)23-4/h5-6,13,16H,1-4H3. The van der Waals surface area contributed by atoms with Crippen molar-refractivity contribution in [2.24, 2.45) is 0 Å². The zero-order chi connectivity index (χ0) is 18.0. The molecule has 9 heteroatoms. The van der Waals surface area contributed by atoms with Gasteiger partial charge in [-0.3, -0.25) is 10.1 Å². The summed E-state index contributed by atoms with van der Waals surface area (Å²) >= 11 is 0.928. The van der Waals surface area contributed by atoms with Crippen molar-refractivity contribution in [1.82, 2.24) is 5.32 Å². The van der Waals surface area contributed by atoms with Crippen molar-refractivity contribution in [3.05, 3.63) is 49.7 Å². The van der Waals surface area contributed by atoms with Crippen molar-refractivity contribution in [3.63, 3.8) is 0 Å². The van der Waals surface area contributed by atoms with E-state index in [1.54, 1.807) is 19.2 Å². The lowest BCUT2D eigenvalue weighted by molar-refractivity contribution is -0.380. The molecule has 0 aromatic carbocycles. The Morgan fingerprint density at radius 2 is 1.67 bits per heavy atom. The topological polar surface area (TPSA) is 108 Å². The van der Waals surface area contributed by atoms with Gasteiger partial charge in [-0.05, 0) is 19.4 Å². The molecule has 0 saturated carbocycles. The Kier molecular flexibility index (Phi) is 5.03. The Bertz CT molecular complexity index is 739. The van der Waals surface area contributed by atoms with Crippen LogP contribution in [0.25, 0.3) is 0 Å². The molecule has 0 saturated heterocycles. The predicted molar refractivity (Wildman–Crippen MR) is 86.3 cm³/mol. The first-order valence-electron chi connectivity index (χ1n) is 6.89. The monoisotopic (exact) mass is 352 g/mol. The van der Waals surface area contributed by atoms with Crippen LogP contribution in [0.15, 0.2) is 34.0 Å². The fraction of sp³-hybridized carbons (Fsp3) is 0.333. The second-order valence-corrected chi connectivity index (χ2v) is 5.98. The molecule has 2 heterocycles. The van der Waals surface area contributed by atoms with Gasteiger partial charge in [0, 0.05) is 22.8 Å². The summed E-state index contributed by atoms with van der Waals surface area (Å²) in [5.74, 6) is -2.03. The van der Waals surface area contributed by atoms with Crippen LogP contribution in [0.5, 0.6) is 0 Å². The van der Waals surface area contributed by atoms with E-state index in [1.165, 1.54) is 20.3 Å². The highest BCUT2D eigenvalue weighted by Crippen LogP contribution is 2.41. The van der Waals surface area contributed by atoms with Crippen molar-refractivity contribution in [1.29, 1.82) is 0 Å². The number of dihydropyridines is 1. The lowest BCUT2D eigenvalue weighted by Gasteiger charge is -2.29. The van der Waals surface area contributed by atoms with Crippen LogP contribution >= 0.6 is 11.3 Å². The maximum Gasteiger partial charge on any atom is 0.336 e. The van der Waals surface area contributed by atoms with E-state index in [1.807, 2.05) is 0 Å². The molecule has 0 atom stereocenters. The van der Waals surface area contributed by atoms with Gasteiger partial charge in [0.05, 0.1) is 36.2 Å². The molecule has 1 aliphatic rings. The first kappa shape index (κ1) is 17.7. The van der Waals surface area contributed by atoms with Crippen LogP contribution in [0, 0.1) is 10.1 Å². The molecule has 8 nitrogen and oxygen atoms in total. The van der Waals surface area contributed by atoms with Gasteiger partial charge in [0.25, 0.3) is 0 Å². The van der Waals surface area contributed by atoms with Crippen LogP contribution in [0.2, 0.25) is 0 Å². The number of esters is 2. The number of nitrogens with zero attached hydrogens (tertiary/aromatic N) is 1. The highest BCUT2D eigenvalue weighted by molar-refractivity contribution is 7.13. The Morgan fingerprint density at radius 3 is 2.04 bits per heavy atom.